The Hall–Kier alpha value is -1.44. The van der Waals surface area contributed by atoms with Gasteiger partial charge >= 0.3 is 0 Å². The Labute approximate surface area is 171 Å². The van der Waals surface area contributed by atoms with Gasteiger partial charge in [-0.1, -0.05) is 52.3 Å². The molecule has 7 heteroatoms. The second kappa shape index (κ2) is 9.89. The maximum absolute atomic E-state index is 11.9. The van der Waals surface area contributed by atoms with Gasteiger partial charge in [-0.05, 0) is 62.6 Å². The maximum Gasteiger partial charge on any atom is 0.277 e. The summed E-state index contributed by atoms with van der Waals surface area (Å²) in [6, 6.07) is 13.5. The number of amides is 1. The van der Waals surface area contributed by atoms with Crippen molar-refractivity contribution in [2.75, 3.05) is 6.61 Å². The minimum Gasteiger partial charge on any atom is -0.481 e. The van der Waals surface area contributed by atoms with Crippen molar-refractivity contribution in [2.24, 2.45) is 5.10 Å². The highest BCUT2D eigenvalue weighted by Crippen LogP contribution is 2.36. The van der Waals surface area contributed by atoms with Crippen LogP contribution in [0.25, 0.3) is 6.08 Å². The predicted octanol–water partition coefficient (Wildman–Crippen LogP) is 5.56. The van der Waals surface area contributed by atoms with Crippen LogP contribution < -0.4 is 10.2 Å². The molecule has 0 radical (unpaired) electrons. The van der Waals surface area contributed by atoms with Crippen molar-refractivity contribution in [3.05, 3.63) is 67.5 Å². The molecule has 0 saturated heterocycles. The first-order valence-electron chi connectivity index (χ1n) is 7.29. The van der Waals surface area contributed by atoms with E-state index in [4.69, 9.17) is 4.74 Å². The molecule has 0 heterocycles. The molecule has 0 aliphatic carbocycles. The van der Waals surface area contributed by atoms with E-state index in [0.29, 0.717) is 11.5 Å². The molecular weight excluding hydrogens is 516 g/mol. The van der Waals surface area contributed by atoms with Crippen molar-refractivity contribution in [2.45, 2.75) is 6.92 Å². The van der Waals surface area contributed by atoms with Gasteiger partial charge in [0.2, 0.25) is 0 Å². The number of hydrogen-bond acceptors (Lipinski definition) is 3. The van der Waals surface area contributed by atoms with Gasteiger partial charge in [0.1, 0.15) is 5.75 Å². The molecule has 25 heavy (non-hydrogen) atoms. The number of benzene rings is 2. The number of carbonyl (C=O) groups is 1. The summed E-state index contributed by atoms with van der Waals surface area (Å²) in [4.78, 5) is 11.9. The predicted molar refractivity (Wildman–Crippen MR) is 112 cm³/mol. The van der Waals surface area contributed by atoms with Crippen molar-refractivity contribution < 1.29 is 9.53 Å². The molecule has 0 saturated carbocycles. The molecule has 2 rings (SSSR count). The number of hydrogen-bond donors (Lipinski definition) is 1. The van der Waals surface area contributed by atoms with Crippen LogP contribution >= 0.6 is 47.8 Å². The Morgan fingerprint density at radius 1 is 1.16 bits per heavy atom. The first-order valence-corrected chi connectivity index (χ1v) is 9.67. The SMILES string of the molecule is CC(/C=C/c1ccccc1)=NNC(=O)COc1c(Br)cc(Br)cc1Br. The zero-order valence-electron chi connectivity index (χ0n) is 13.3. The summed E-state index contributed by atoms with van der Waals surface area (Å²) in [5.41, 5.74) is 4.22. The van der Waals surface area contributed by atoms with E-state index in [1.54, 1.807) is 0 Å². The summed E-state index contributed by atoms with van der Waals surface area (Å²) in [5, 5.41) is 4.03. The summed E-state index contributed by atoms with van der Waals surface area (Å²) in [6.45, 7) is 1.67. The molecular formula is C18H15Br3N2O2. The summed E-state index contributed by atoms with van der Waals surface area (Å²) in [5.74, 6) is 0.220. The number of nitrogens with zero attached hydrogens (tertiary/aromatic N) is 1. The Kier molecular flexibility index (Phi) is 7.87. The fourth-order valence-electron chi connectivity index (χ4n) is 1.81. The summed E-state index contributed by atoms with van der Waals surface area (Å²) in [6.07, 6.45) is 3.76. The van der Waals surface area contributed by atoms with Crippen LogP contribution in [0, 0.1) is 0 Å². The molecule has 0 aromatic heterocycles. The van der Waals surface area contributed by atoms with Gasteiger partial charge in [0, 0.05) is 4.47 Å². The van der Waals surface area contributed by atoms with E-state index in [1.807, 2.05) is 61.5 Å². The Bertz CT molecular complexity index is 782. The molecule has 0 atom stereocenters. The van der Waals surface area contributed by atoms with Gasteiger partial charge < -0.3 is 4.74 Å². The van der Waals surface area contributed by atoms with Gasteiger partial charge in [-0.2, -0.15) is 5.10 Å². The second-order valence-electron chi connectivity index (χ2n) is 5.02. The first kappa shape index (κ1) is 19.9. The smallest absolute Gasteiger partial charge is 0.277 e. The van der Waals surface area contributed by atoms with Crippen LogP contribution in [0.4, 0.5) is 0 Å². The molecule has 2 aromatic carbocycles. The van der Waals surface area contributed by atoms with E-state index in [0.717, 1.165) is 19.0 Å². The molecule has 0 fully saturated rings. The number of ether oxygens (including phenoxy) is 1. The fraction of sp³-hybridized carbons (Fsp3) is 0.111. The fourth-order valence-corrected chi connectivity index (χ4v) is 4.29. The van der Waals surface area contributed by atoms with E-state index in [9.17, 15) is 4.79 Å². The lowest BCUT2D eigenvalue weighted by molar-refractivity contribution is -0.123. The minimum absolute atomic E-state index is 0.141. The van der Waals surface area contributed by atoms with Gasteiger partial charge in [-0.15, -0.1) is 0 Å². The zero-order valence-corrected chi connectivity index (χ0v) is 18.1. The molecule has 1 N–H and O–H groups in total. The number of rotatable bonds is 6. The van der Waals surface area contributed by atoms with E-state index >= 15 is 0 Å². The topological polar surface area (TPSA) is 50.7 Å². The normalized spacial score (nSPS) is 11.6. The summed E-state index contributed by atoms with van der Waals surface area (Å²) < 4.78 is 7.91. The number of hydrazone groups is 1. The Morgan fingerprint density at radius 3 is 2.44 bits per heavy atom. The average molecular weight is 531 g/mol. The van der Waals surface area contributed by atoms with Crippen molar-refractivity contribution in [1.29, 1.82) is 0 Å². The van der Waals surface area contributed by atoms with Gasteiger partial charge in [-0.25, -0.2) is 5.43 Å². The number of halogens is 3. The van der Waals surface area contributed by atoms with Crippen molar-refractivity contribution >= 4 is 65.5 Å². The van der Waals surface area contributed by atoms with Crippen LogP contribution in [0.2, 0.25) is 0 Å². The Balaban J connectivity index is 1.87. The van der Waals surface area contributed by atoms with Crippen LogP contribution in [-0.4, -0.2) is 18.2 Å². The van der Waals surface area contributed by atoms with Crippen molar-refractivity contribution in [3.8, 4) is 5.75 Å². The molecule has 130 valence electrons. The number of allylic oxidation sites excluding steroid dienone is 1. The average Bonchev–Trinajstić information content (AvgIpc) is 2.58. The quantitative estimate of drug-likeness (QED) is 0.393. The van der Waals surface area contributed by atoms with E-state index in [1.165, 1.54) is 0 Å². The van der Waals surface area contributed by atoms with Gasteiger partial charge in [0.05, 0.1) is 14.7 Å². The largest absolute Gasteiger partial charge is 0.481 e. The highest BCUT2D eigenvalue weighted by atomic mass is 79.9. The molecule has 0 bridgehead atoms. The highest BCUT2D eigenvalue weighted by molar-refractivity contribution is 9.11. The van der Waals surface area contributed by atoms with Gasteiger partial charge in [-0.3, -0.25) is 4.79 Å². The van der Waals surface area contributed by atoms with E-state index in [2.05, 4.69) is 58.3 Å². The summed E-state index contributed by atoms with van der Waals surface area (Å²) in [7, 11) is 0. The maximum atomic E-state index is 11.9. The molecule has 4 nitrogen and oxygen atoms in total. The van der Waals surface area contributed by atoms with Crippen LogP contribution in [0.3, 0.4) is 0 Å². The van der Waals surface area contributed by atoms with Crippen LogP contribution in [-0.2, 0) is 4.79 Å². The standard InChI is InChI=1S/C18H15Br3N2O2/c1-12(7-8-13-5-3-2-4-6-13)22-23-17(24)11-25-18-15(20)9-14(19)10-16(18)21/h2-10H,11H2,1H3,(H,23,24)/b8-7+,22-12?. The monoisotopic (exact) mass is 528 g/mol. The minimum atomic E-state index is -0.339. The lowest BCUT2D eigenvalue weighted by atomic mass is 10.2. The van der Waals surface area contributed by atoms with Gasteiger partial charge in [0.25, 0.3) is 5.91 Å². The molecule has 1 amide bonds. The van der Waals surface area contributed by atoms with Crippen molar-refractivity contribution in [1.82, 2.24) is 5.43 Å². The molecule has 0 unspecified atom stereocenters. The zero-order chi connectivity index (χ0) is 18.2. The highest BCUT2D eigenvalue weighted by Gasteiger charge is 2.10. The first-order chi connectivity index (χ1) is 12.0. The van der Waals surface area contributed by atoms with Crippen LogP contribution in [0.5, 0.6) is 5.75 Å². The third kappa shape index (κ3) is 6.76. The van der Waals surface area contributed by atoms with Crippen LogP contribution in [0.1, 0.15) is 12.5 Å². The third-order valence-electron chi connectivity index (χ3n) is 2.98. The Morgan fingerprint density at radius 2 is 1.80 bits per heavy atom. The number of carbonyl (C=O) groups excluding carboxylic acids is 1. The van der Waals surface area contributed by atoms with Crippen LogP contribution in [0.15, 0.2) is 67.1 Å². The molecule has 0 aliphatic heterocycles. The third-order valence-corrected chi connectivity index (χ3v) is 4.62. The summed E-state index contributed by atoms with van der Waals surface area (Å²) >= 11 is 10.2. The second-order valence-corrected chi connectivity index (χ2v) is 7.64. The van der Waals surface area contributed by atoms with E-state index < -0.39 is 0 Å². The molecule has 2 aromatic rings. The lowest BCUT2D eigenvalue weighted by Gasteiger charge is -2.10. The molecule has 0 spiro atoms. The number of nitrogens with one attached hydrogen (secondary N) is 1. The molecule has 0 aliphatic rings. The van der Waals surface area contributed by atoms with E-state index in [-0.39, 0.29) is 12.5 Å². The van der Waals surface area contributed by atoms with Gasteiger partial charge in [0.15, 0.2) is 6.61 Å². The van der Waals surface area contributed by atoms with Crippen molar-refractivity contribution in [3.63, 3.8) is 0 Å². The lowest BCUT2D eigenvalue weighted by Crippen LogP contribution is -2.25.